The molecule has 5 nitrogen and oxygen atoms in total. The van der Waals surface area contributed by atoms with E-state index in [-0.39, 0.29) is 11.9 Å². The van der Waals surface area contributed by atoms with Crippen molar-refractivity contribution in [3.05, 3.63) is 57.6 Å². The van der Waals surface area contributed by atoms with Crippen molar-refractivity contribution in [2.24, 2.45) is 0 Å². The molecule has 1 atom stereocenters. The highest BCUT2D eigenvalue weighted by Gasteiger charge is 2.18. The fraction of sp³-hybridized carbons (Fsp3) is 0.286. The van der Waals surface area contributed by atoms with E-state index in [9.17, 15) is 4.79 Å². The van der Waals surface area contributed by atoms with Crippen LogP contribution in [0.2, 0.25) is 10.0 Å². The third kappa shape index (κ3) is 4.91. The molecular weight excluding hydrogens is 401 g/mol. The van der Waals surface area contributed by atoms with Crippen LogP contribution in [-0.4, -0.2) is 39.2 Å². The minimum absolute atomic E-state index is 0.185. The number of carbonyl (C=O) groups is 1. The van der Waals surface area contributed by atoms with Crippen LogP contribution in [-0.2, 0) is 4.79 Å². The molecule has 0 aliphatic rings. The number of hydrogen-bond acceptors (Lipinski definition) is 4. The summed E-state index contributed by atoms with van der Waals surface area (Å²) in [6, 6.07) is 8.47. The Bertz CT molecular complexity index is 883. The number of likely N-dealkylation sites (N-methyl/N-ethyl adjacent to an activating group) is 1. The van der Waals surface area contributed by atoms with Crippen LogP contribution in [0.15, 0.2) is 36.4 Å². The minimum Gasteiger partial charge on any atom is -0.496 e. The molecule has 0 radical (unpaired) electrons. The van der Waals surface area contributed by atoms with Gasteiger partial charge in [-0.1, -0.05) is 29.3 Å². The summed E-state index contributed by atoms with van der Waals surface area (Å²) in [6.07, 6.45) is 3.15. The summed E-state index contributed by atoms with van der Waals surface area (Å²) in [4.78, 5) is 14.3. The van der Waals surface area contributed by atoms with Gasteiger partial charge < -0.3 is 19.1 Å². The Morgan fingerprint density at radius 3 is 2.18 bits per heavy atom. The lowest BCUT2D eigenvalue weighted by Gasteiger charge is -2.25. The van der Waals surface area contributed by atoms with Gasteiger partial charge in [0, 0.05) is 34.8 Å². The zero-order valence-corrected chi connectivity index (χ0v) is 18.0. The van der Waals surface area contributed by atoms with Crippen LogP contribution in [0.5, 0.6) is 17.2 Å². The second-order valence-corrected chi connectivity index (χ2v) is 6.92. The molecule has 0 spiro atoms. The third-order valence-corrected chi connectivity index (χ3v) is 5.04. The standard InChI is InChI=1S/C21H23Cl2NO4/c1-13(16-8-7-15(22)11-17(16)23)24(2)21(25)9-6-14-10-19(27-4)20(28-5)12-18(14)26-3/h6-13H,1-5H3/b9-6+/t13-/m0/s1. The Kier molecular flexibility index (Phi) is 7.61. The van der Waals surface area contributed by atoms with Crippen LogP contribution in [0.4, 0.5) is 0 Å². The van der Waals surface area contributed by atoms with Gasteiger partial charge in [0.25, 0.3) is 0 Å². The molecule has 0 heterocycles. The molecule has 2 aromatic carbocycles. The van der Waals surface area contributed by atoms with Crippen molar-refractivity contribution in [2.45, 2.75) is 13.0 Å². The number of amides is 1. The number of rotatable bonds is 7. The number of nitrogens with zero attached hydrogens (tertiary/aromatic N) is 1. The number of benzene rings is 2. The maximum absolute atomic E-state index is 12.7. The summed E-state index contributed by atoms with van der Waals surface area (Å²) >= 11 is 12.2. The summed E-state index contributed by atoms with van der Waals surface area (Å²) in [5.74, 6) is 1.48. The molecule has 0 aromatic heterocycles. The van der Waals surface area contributed by atoms with Crippen molar-refractivity contribution >= 4 is 35.2 Å². The molecule has 0 unspecified atom stereocenters. The molecule has 0 saturated carbocycles. The number of halogens is 2. The molecule has 0 aliphatic heterocycles. The van der Waals surface area contributed by atoms with Crippen LogP contribution >= 0.6 is 23.2 Å². The Morgan fingerprint density at radius 1 is 1.00 bits per heavy atom. The predicted octanol–water partition coefficient (Wildman–Crippen LogP) is 5.25. The van der Waals surface area contributed by atoms with E-state index in [1.54, 1.807) is 63.6 Å². The van der Waals surface area contributed by atoms with Gasteiger partial charge in [0.15, 0.2) is 11.5 Å². The zero-order chi connectivity index (χ0) is 20.8. The van der Waals surface area contributed by atoms with Crippen molar-refractivity contribution in [3.8, 4) is 17.2 Å². The van der Waals surface area contributed by atoms with Gasteiger partial charge in [-0.15, -0.1) is 0 Å². The Balaban J connectivity index is 2.24. The molecule has 0 fully saturated rings. The van der Waals surface area contributed by atoms with Gasteiger partial charge in [-0.25, -0.2) is 0 Å². The van der Waals surface area contributed by atoms with E-state index < -0.39 is 0 Å². The van der Waals surface area contributed by atoms with Crippen molar-refractivity contribution in [3.63, 3.8) is 0 Å². The summed E-state index contributed by atoms with van der Waals surface area (Å²) in [5, 5.41) is 1.07. The van der Waals surface area contributed by atoms with Gasteiger partial charge in [0.05, 0.1) is 27.4 Å². The molecule has 0 bridgehead atoms. The predicted molar refractivity (Wildman–Crippen MR) is 113 cm³/mol. The fourth-order valence-electron chi connectivity index (χ4n) is 2.70. The SMILES string of the molecule is COc1cc(OC)c(OC)cc1/C=C/C(=O)N(C)[C@@H](C)c1ccc(Cl)cc1Cl. The number of ether oxygens (including phenoxy) is 3. The lowest BCUT2D eigenvalue weighted by molar-refractivity contribution is -0.126. The first-order valence-corrected chi connectivity index (χ1v) is 9.27. The number of hydrogen-bond donors (Lipinski definition) is 0. The smallest absolute Gasteiger partial charge is 0.246 e. The monoisotopic (exact) mass is 423 g/mol. The van der Waals surface area contributed by atoms with Crippen LogP contribution in [0.1, 0.15) is 24.1 Å². The van der Waals surface area contributed by atoms with E-state index in [2.05, 4.69) is 0 Å². The second kappa shape index (κ2) is 9.71. The van der Waals surface area contributed by atoms with Gasteiger partial charge in [-0.2, -0.15) is 0 Å². The number of methoxy groups -OCH3 is 3. The third-order valence-electron chi connectivity index (χ3n) is 4.48. The molecule has 150 valence electrons. The maximum atomic E-state index is 12.7. The van der Waals surface area contributed by atoms with Crippen molar-refractivity contribution in [2.75, 3.05) is 28.4 Å². The largest absolute Gasteiger partial charge is 0.496 e. The Hall–Kier alpha value is -2.37. The molecule has 7 heteroatoms. The topological polar surface area (TPSA) is 48.0 Å². The molecule has 2 rings (SSSR count). The summed E-state index contributed by atoms with van der Waals surface area (Å²) < 4.78 is 16.0. The maximum Gasteiger partial charge on any atom is 0.246 e. The average Bonchev–Trinajstić information content (AvgIpc) is 2.70. The van der Waals surface area contributed by atoms with Gasteiger partial charge in [0.1, 0.15) is 5.75 Å². The molecule has 2 aromatic rings. The second-order valence-electron chi connectivity index (χ2n) is 6.07. The first kappa shape index (κ1) is 21.9. The van der Waals surface area contributed by atoms with E-state index >= 15 is 0 Å². The average molecular weight is 424 g/mol. The summed E-state index contributed by atoms with van der Waals surface area (Å²) in [5.41, 5.74) is 1.51. The fourth-order valence-corrected chi connectivity index (χ4v) is 3.27. The van der Waals surface area contributed by atoms with Gasteiger partial charge in [-0.05, 0) is 36.8 Å². The summed E-state index contributed by atoms with van der Waals surface area (Å²) in [7, 11) is 6.37. The quantitative estimate of drug-likeness (QED) is 0.570. The first-order chi connectivity index (χ1) is 13.3. The van der Waals surface area contributed by atoms with Crippen molar-refractivity contribution < 1.29 is 19.0 Å². The zero-order valence-electron chi connectivity index (χ0n) is 16.5. The van der Waals surface area contributed by atoms with Crippen LogP contribution in [0, 0.1) is 0 Å². The first-order valence-electron chi connectivity index (χ1n) is 8.52. The van der Waals surface area contributed by atoms with E-state index in [4.69, 9.17) is 37.4 Å². The Morgan fingerprint density at radius 2 is 1.61 bits per heavy atom. The molecule has 0 aliphatic carbocycles. The lowest BCUT2D eigenvalue weighted by atomic mass is 10.1. The normalized spacial score (nSPS) is 12.0. The van der Waals surface area contributed by atoms with E-state index in [1.807, 2.05) is 13.0 Å². The van der Waals surface area contributed by atoms with Crippen molar-refractivity contribution in [1.82, 2.24) is 4.90 Å². The van der Waals surface area contributed by atoms with Crippen molar-refractivity contribution in [1.29, 1.82) is 0 Å². The minimum atomic E-state index is -0.228. The highest BCUT2D eigenvalue weighted by molar-refractivity contribution is 6.35. The van der Waals surface area contributed by atoms with Crippen LogP contribution < -0.4 is 14.2 Å². The van der Waals surface area contributed by atoms with E-state index in [0.717, 1.165) is 5.56 Å². The molecule has 28 heavy (non-hydrogen) atoms. The van der Waals surface area contributed by atoms with E-state index in [1.165, 1.54) is 6.08 Å². The lowest BCUT2D eigenvalue weighted by Crippen LogP contribution is -2.28. The number of carbonyl (C=O) groups excluding carboxylic acids is 1. The summed E-state index contributed by atoms with van der Waals surface area (Å²) in [6.45, 7) is 1.90. The molecule has 0 saturated heterocycles. The highest BCUT2D eigenvalue weighted by atomic mass is 35.5. The molecule has 0 N–H and O–H groups in total. The highest BCUT2D eigenvalue weighted by Crippen LogP contribution is 2.35. The molecule has 1 amide bonds. The Labute approximate surface area is 175 Å². The van der Waals surface area contributed by atoms with E-state index in [0.29, 0.717) is 32.9 Å². The van der Waals surface area contributed by atoms with Crippen LogP contribution in [0.25, 0.3) is 6.08 Å². The van der Waals surface area contributed by atoms with Gasteiger partial charge >= 0.3 is 0 Å². The molecular formula is C21H23Cl2NO4. The van der Waals surface area contributed by atoms with Gasteiger partial charge in [-0.3, -0.25) is 4.79 Å². The van der Waals surface area contributed by atoms with Gasteiger partial charge in [0.2, 0.25) is 5.91 Å². The van der Waals surface area contributed by atoms with Crippen LogP contribution in [0.3, 0.4) is 0 Å².